The molecule has 0 spiro atoms. The van der Waals surface area contributed by atoms with E-state index in [1.807, 2.05) is 42.5 Å². The predicted molar refractivity (Wildman–Crippen MR) is 167 cm³/mol. The van der Waals surface area contributed by atoms with E-state index in [1.54, 1.807) is 0 Å². The molecule has 0 bridgehead atoms. The first-order chi connectivity index (χ1) is 21.1. The van der Waals surface area contributed by atoms with Crippen LogP contribution in [-0.4, -0.2) is 55.3 Å². The number of hydrogen-bond acceptors (Lipinski definition) is 6. The van der Waals surface area contributed by atoms with Gasteiger partial charge >= 0.3 is 0 Å². The Morgan fingerprint density at radius 3 is 2.65 bits per heavy atom. The average molecular weight is 586 g/mol. The van der Waals surface area contributed by atoms with Gasteiger partial charge in [-0.25, -0.2) is 10.3 Å². The summed E-state index contributed by atoms with van der Waals surface area (Å²) in [4.78, 5) is 33.4. The van der Waals surface area contributed by atoms with Crippen molar-refractivity contribution in [2.45, 2.75) is 70.2 Å². The second-order valence-electron chi connectivity index (χ2n) is 11.4. The Kier molecular flexibility index (Phi) is 11.6. The summed E-state index contributed by atoms with van der Waals surface area (Å²) in [6, 6.07) is 24.6. The largest absolute Gasteiger partial charge is 0.488 e. The van der Waals surface area contributed by atoms with Crippen LogP contribution < -0.4 is 15.5 Å². The number of carbonyl (C=O) groups excluding carboxylic acids is 2. The second kappa shape index (κ2) is 16.2. The third-order valence-electron chi connectivity index (χ3n) is 7.97. The number of unbranched alkanes of at least 4 members (excludes halogenated alkanes) is 2. The Morgan fingerprint density at radius 2 is 1.79 bits per heavy atom. The summed E-state index contributed by atoms with van der Waals surface area (Å²) in [6.07, 6.45) is 7.87. The highest BCUT2D eigenvalue weighted by Gasteiger charge is 2.25. The molecule has 228 valence electrons. The Bertz CT molecular complexity index is 1350. The van der Waals surface area contributed by atoms with Crippen molar-refractivity contribution in [3.63, 3.8) is 0 Å². The highest BCUT2D eigenvalue weighted by atomic mass is 16.8. The quantitative estimate of drug-likeness (QED) is 0.144. The fourth-order valence-corrected chi connectivity index (χ4v) is 5.60. The molecular formula is C35H43N3O5. The minimum absolute atomic E-state index is 0.0917. The van der Waals surface area contributed by atoms with Crippen LogP contribution in [0.25, 0.3) is 10.8 Å². The van der Waals surface area contributed by atoms with Crippen molar-refractivity contribution in [1.29, 1.82) is 0 Å². The summed E-state index contributed by atoms with van der Waals surface area (Å²) in [5.74, 6) is 0.507. The summed E-state index contributed by atoms with van der Waals surface area (Å²) in [6.45, 7) is 3.49. The molecule has 2 atom stereocenters. The molecule has 8 nitrogen and oxygen atoms in total. The van der Waals surface area contributed by atoms with Gasteiger partial charge in [0.2, 0.25) is 5.91 Å². The molecule has 0 saturated carbocycles. The van der Waals surface area contributed by atoms with Crippen LogP contribution in [0.1, 0.15) is 56.9 Å². The van der Waals surface area contributed by atoms with Crippen molar-refractivity contribution in [3.8, 4) is 5.75 Å². The first-order valence-corrected chi connectivity index (χ1v) is 15.6. The fraction of sp³-hybridized carbons (Fsp3) is 0.429. The molecule has 2 N–H and O–H groups in total. The van der Waals surface area contributed by atoms with Gasteiger partial charge < -0.3 is 14.8 Å². The normalized spacial score (nSPS) is 19.3. The van der Waals surface area contributed by atoms with Gasteiger partial charge in [-0.05, 0) is 55.5 Å². The number of hydroxylamine groups is 1. The zero-order valence-electron chi connectivity index (χ0n) is 24.8. The molecule has 2 amide bonds. The number of ether oxygens (including phenoxy) is 2. The number of nitrogens with zero attached hydrogens (tertiary/aromatic N) is 1. The van der Waals surface area contributed by atoms with E-state index < -0.39 is 0 Å². The van der Waals surface area contributed by atoms with Gasteiger partial charge in [-0.15, -0.1) is 0 Å². The van der Waals surface area contributed by atoms with Gasteiger partial charge in [0.25, 0.3) is 5.91 Å². The summed E-state index contributed by atoms with van der Waals surface area (Å²) >= 11 is 0. The van der Waals surface area contributed by atoms with Crippen molar-refractivity contribution in [3.05, 3.63) is 90.0 Å². The van der Waals surface area contributed by atoms with E-state index in [2.05, 4.69) is 52.1 Å². The zero-order valence-corrected chi connectivity index (χ0v) is 24.8. The molecule has 8 heteroatoms. The van der Waals surface area contributed by atoms with E-state index in [0.717, 1.165) is 68.3 Å². The van der Waals surface area contributed by atoms with Crippen molar-refractivity contribution < 1.29 is 23.9 Å². The van der Waals surface area contributed by atoms with Crippen molar-refractivity contribution in [2.75, 3.05) is 26.3 Å². The van der Waals surface area contributed by atoms with Gasteiger partial charge in [0.1, 0.15) is 12.4 Å². The van der Waals surface area contributed by atoms with Crippen LogP contribution in [0.4, 0.5) is 0 Å². The lowest BCUT2D eigenvalue weighted by molar-refractivity contribution is -0.200. The van der Waals surface area contributed by atoms with Gasteiger partial charge in [-0.1, -0.05) is 72.8 Å². The van der Waals surface area contributed by atoms with Crippen LogP contribution in [0.15, 0.2) is 84.4 Å². The predicted octanol–water partition coefficient (Wildman–Crippen LogP) is 5.67. The second-order valence-corrected chi connectivity index (χ2v) is 11.4. The molecule has 0 aromatic heterocycles. The van der Waals surface area contributed by atoms with Gasteiger partial charge in [0.05, 0.1) is 5.57 Å². The molecule has 0 aliphatic carbocycles. The number of rotatable bonds is 14. The topological polar surface area (TPSA) is 89.1 Å². The standard InChI is InChI=1S/C35H43N3O5/c39-33(37-43-34-20-9-10-23-41-34)19-6-2-5-15-29(26-42-32-18-11-16-28-14-7-8-17-31(28)32)35(40)36-30-21-22-38(25-30)24-27-12-3-1-4-13-27/h1,3-4,7-8,11-18,30,34H,2,5-6,9-10,19-26H2,(H,36,40)(H,37,39)/b29-15+. The molecule has 2 unspecified atom stereocenters. The van der Waals surface area contributed by atoms with E-state index in [9.17, 15) is 9.59 Å². The molecule has 2 heterocycles. The van der Waals surface area contributed by atoms with Gasteiger partial charge in [0.15, 0.2) is 6.29 Å². The van der Waals surface area contributed by atoms with Crippen LogP contribution in [0.2, 0.25) is 0 Å². The van der Waals surface area contributed by atoms with E-state index in [1.165, 1.54) is 5.56 Å². The maximum Gasteiger partial charge on any atom is 0.250 e. The lowest BCUT2D eigenvalue weighted by Crippen LogP contribution is -2.38. The smallest absolute Gasteiger partial charge is 0.250 e. The Morgan fingerprint density at radius 1 is 0.953 bits per heavy atom. The van der Waals surface area contributed by atoms with Crippen molar-refractivity contribution >= 4 is 22.6 Å². The summed E-state index contributed by atoms with van der Waals surface area (Å²) < 4.78 is 11.7. The number of likely N-dealkylation sites (tertiary alicyclic amines) is 1. The van der Waals surface area contributed by atoms with Crippen LogP contribution in [0, 0.1) is 0 Å². The molecule has 3 aromatic carbocycles. The SMILES string of the molecule is O=C(CCCC/C=C(\COc1cccc2ccccc12)C(=O)NC1CCN(Cc2ccccc2)C1)NOC1CCCCO1. The highest BCUT2D eigenvalue weighted by Crippen LogP contribution is 2.26. The molecule has 2 saturated heterocycles. The molecule has 3 aromatic rings. The van der Waals surface area contributed by atoms with Crippen LogP contribution in [0.3, 0.4) is 0 Å². The first kappa shape index (κ1) is 30.7. The molecule has 2 aliphatic heterocycles. The number of amides is 2. The van der Waals surface area contributed by atoms with E-state index in [4.69, 9.17) is 14.3 Å². The number of carbonyl (C=O) groups is 2. The van der Waals surface area contributed by atoms with E-state index in [0.29, 0.717) is 31.4 Å². The molecule has 0 radical (unpaired) electrons. The van der Waals surface area contributed by atoms with Crippen LogP contribution in [0.5, 0.6) is 5.75 Å². The molecule has 2 fully saturated rings. The van der Waals surface area contributed by atoms with Gasteiger partial charge in [-0.2, -0.15) is 0 Å². The van der Waals surface area contributed by atoms with E-state index >= 15 is 0 Å². The van der Waals surface area contributed by atoms with E-state index in [-0.39, 0.29) is 30.8 Å². The molecule has 2 aliphatic rings. The third kappa shape index (κ3) is 9.64. The minimum atomic E-state index is -0.353. The summed E-state index contributed by atoms with van der Waals surface area (Å²) in [7, 11) is 0. The molecule has 43 heavy (non-hydrogen) atoms. The number of hydrogen-bond donors (Lipinski definition) is 2. The maximum absolute atomic E-state index is 13.5. The number of benzene rings is 3. The first-order valence-electron chi connectivity index (χ1n) is 15.6. The lowest BCUT2D eigenvalue weighted by atomic mass is 10.1. The fourth-order valence-electron chi connectivity index (χ4n) is 5.60. The molecular weight excluding hydrogens is 542 g/mol. The Labute approximate surface area is 254 Å². The Hall–Kier alpha value is -3.72. The van der Waals surface area contributed by atoms with Gasteiger partial charge in [-0.3, -0.25) is 14.5 Å². The Balaban J connectivity index is 1.13. The third-order valence-corrected chi connectivity index (χ3v) is 7.97. The highest BCUT2D eigenvalue weighted by molar-refractivity contribution is 5.94. The summed E-state index contributed by atoms with van der Waals surface area (Å²) in [5, 5.41) is 5.37. The maximum atomic E-state index is 13.5. The number of nitrogens with one attached hydrogen (secondary N) is 2. The zero-order chi connectivity index (χ0) is 29.7. The molecule has 5 rings (SSSR count). The number of allylic oxidation sites excluding steroid dienone is 1. The van der Waals surface area contributed by atoms with Crippen molar-refractivity contribution in [1.82, 2.24) is 15.7 Å². The summed E-state index contributed by atoms with van der Waals surface area (Å²) in [5.41, 5.74) is 4.40. The van der Waals surface area contributed by atoms with Crippen LogP contribution in [-0.2, 0) is 25.7 Å². The van der Waals surface area contributed by atoms with Crippen molar-refractivity contribution in [2.24, 2.45) is 0 Å². The number of fused-ring (bicyclic) bond motifs is 1. The lowest BCUT2D eigenvalue weighted by Gasteiger charge is -2.22. The minimum Gasteiger partial charge on any atom is -0.488 e. The monoisotopic (exact) mass is 585 g/mol. The van der Waals surface area contributed by atoms with Crippen LogP contribution >= 0.6 is 0 Å². The average Bonchev–Trinajstić information content (AvgIpc) is 3.48. The van der Waals surface area contributed by atoms with Gasteiger partial charge in [0, 0.05) is 50.5 Å².